The fourth-order valence-electron chi connectivity index (χ4n) is 3.81. The minimum atomic E-state index is -3.71. The first-order chi connectivity index (χ1) is 12.9. The highest BCUT2D eigenvalue weighted by molar-refractivity contribution is 7.86. The molecule has 2 heterocycles. The van der Waals surface area contributed by atoms with Gasteiger partial charge in [-0.2, -0.15) is 13.5 Å². The van der Waals surface area contributed by atoms with Gasteiger partial charge in [-0.1, -0.05) is 17.7 Å². The number of benzene rings is 1. The number of hydrogen-bond donors (Lipinski definition) is 0. The molecule has 0 atom stereocenters. The summed E-state index contributed by atoms with van der Waals surface area (Å²) < 4.78 is 32.3. The fourth-order valence-corrected chi connectivity index (χ4v) is 4.94. The number of pyridine rings is 1. The standard InChI is InChI=1S/C20H23N3O3S/c1-14-3-9-18(10-4-14)27(24,25)26-17-7-5-16(6-8-17)19-12-23-20(11-15(19)2)21-13-22-23/h3-4,9-13,16-17H,5-8H2,1-2H3/t16-,17-. The van der Waals surface area contributed by atoms with E-state index in [0.717, 1.165) is 36.9 Å². The Bertz CT molecular complexity index is 1050. The van der Waals surface area contributed by atoms with Crippen LogP contribution in [0.2, 0.25) is 0 Å². The topological polar surface area (TPSA) is 73.6 Å². The number of rotatable bonds is 4. The lowest BCUT2D eigenvalue weighted by atomic mass is 9.82. The molecule has 1 fully saturated rings. The number of nitrogens with zero attached hydrogens (tertiary/aromatic N) is 3. The van der Waals surface area contributed by atoms with Gasteiger partial charge in [-0.15, -0.1) is 0 Å². The third-order valence-electron chi connectivity index (χ3n) is 5.35. The summed E-state index contributed by atoms with van der Waals surface area (Å²) in [6.45, 7) is 4.02. The second-order valence-corrected chi connectivity index (χ2v) is 8.88. The molecule has 1 saturated carbocycles. The molecule has 1 aliphatic carbocycles. The molecule has 1 aromatic carbocycles. The highest BCUT2D eigenvalue weighted by atomic mass is 32.2. The van der Waals surface area contributed by atoms with Gasteiger partial charge in [0.15, 0.2) is 5.65 Å². The van der Waals surface area contributed by atoms with Crippen LogP contribution in [0, 0.1) is 13.8 Å². The predicted octanol–water partition coefficient (Wildman–Crippen LogP) is 3.78. The van der Waals surface area contributed by atoms with Crippen LogP contribution in [0.1, 0.15) is 48.3 Å². The molecule has 0 unspecified atom stereocenters. The van der Waals surface area contributed by atoms with E-state index in [9.17, 15) is 8.42 Å². The molecule has 7 heteroatoms. The van der Waals surface area contributed by atoms with E-state index in [0.29, 0.717) is 5.92 Å². The summed E-state index contributed by atoms with van der Waals surface area (Å²) in [6, 6.07) is 8.83. The van der Waals surface area contributed by atoms with E-state index >= 15 is 0 Å². The molecule has 2 aromatic heterocycles. The second-order valence-electron chi connectivity index (χ2n) is 7.31. The van der Waals surface area contributed by atoms with Crippen molar-refractivity contribution in [3.8, 4) is 0 Å². The van der Waals surface area contributed by atoms with E-state index in [1.165, 1.54) is 11.1 Å². The second kappa shape index (κ2) is 7.05. The van der Waals surface area contributed by atoms with Gasteiger partial charge in [0.25, 0.3) is 10.1 Å². The van der Waals surface area contributed by atoms with Crippen molar-refractivity contribution in [2.75, 3.05) is 0 Å². The average molecular weight is 385 g/mol. The lowest BCUT2D eigenvalue weighted by Crippen LogP contribution is -2.24. The molecule has 0 saturated heterocycles. The summed E-state index contributed by atoms with van der Waals surface area (Å²) in [5.74, 6) is 0.389. The van der Waals surface area contributed by atoms with Crippen molar-refractivity contribution in [1.82, 2.24) is 14.6 Å². The Kier molecular flexibility index (Phi) is 4.74. The van der Waals surface area contributed by atoms with Crippen LogP contribution in [-0.2, 0) is 14.3 Å². The molecule has 142 valence electrons. The smallest absolute Gasteiger partial charge is 0.263 e. The largest absolute Gasteiger partial charge is 0.297 e. The van der Waals surface area contributed by atoms with Crippen LogP contribution in [0.15, 0.2) is 47.8 Å². The molecule has 0 aliphatic heterocycles. The van der Waals surface area contributed by atoms with E-state index in [1.807, 2.05) is 19.2 Å². The third-order valence-corrected chi connectivity index (χ3v) is 6.72. The molecule has 0 N–H and O–H groups in total. The van der Waals surface area contributed by atoms with Crippen molar-refractivity contribution in [2.45, 2.75) is 56.4 Å². The van der Waals surface area contributed by atoms with Gasteiger partial charge in [0.05, 0.1) is 11.0 Å². The molecule has 0 bridgehead atoms. The summed E-state index contributed by atoms with van der Waals surface area (Å²) in [5.41, 5.74) is 4.33. The summed E-state index contributed by atoms with van der Waals surface area (Å²) >= 11 is 0. The van der Waals surface area contributed by atoms with Crippen molar-refractivity contribution in [1.29, 1.82) is 0 Å². The third kappa shape index (κ3) is 3.75. The molecule has 3 aromatic rings. The first-order valence-corrected chi connectivity index (χ1v) is 10.6. The maximum absolute atomic E-state index is 12.5. The molecule has 1 aliphatic rings. The highest BCUT2D eigenvalue weighted by Crippen LogP contribution is 2.36. The summed E-state index contributed by atoms with van der Waals surface area (Å²) in [5, 5.41) is 4.22. The van der Waals surface area contributed by atoms with Gasteiger partial charge in [0.2, 0.25) is 0 Å². The Morgan fingerprint density at radius 2 is 1.78 bits per heavy atom. The van der Waals surface area contributed by atoms with Crippen molar-refractivity contribution >= 4 is 15.8 Å². The highest BCUT2D eigenvalue weighted by Gasteiger charge is 2.28. The molecule has 0 radical (unpaired) electrons. The van der Waals surface area contributed by atoms with Crippen LogP contribution in [-0.4, -0.2) is 29.1 Å². The van der Waals surface area contributed by atoms with Gasteiger partial charge in [0.1, 0.15) is 6.33 Å². The van der Waals surface area contributed by atoms with Crippen molar-refractivity contribution in [2.24, 2.45) is 0 Å². The number of fused-ring (bicyclic) bond motifs is 1. The van der Waals surface area contributed by atoms with E-state index in [1.54, 1.807) is 35.1 Å². The van der Waals surface area contributed by atoms with E-state index in [-0.39, 0.29) is 11.0 Å². The SMILES string of the molecule is Cc1ccc(S(=O)(=O)O[C@H]2CC[C@H](c3cn4ncnc4cc3C)CC2)cc1. The first-order valence-electron chi connectivity index (χ1n) is 9.22. The van der Waals surface area contributed by atoms with E-state index in [2.05, 4.69) is 17.0 Å². The summed E-state index contributed by atoms with van der Waals surface area (Å²) in [4.78, 5) is 4.44. The van der Waals surface area contributed by atoms with Gasteiger partial charge in [-0.05, 0) is 74.8 Å². The first kappa shape index (κ1) is 18.1. The molecule has 0 amide bonds. The Morgan fingerprint density at radius 1 is 1.07 bits per heavy atom. The van der Waals surface area contributed by atoms with Crippen LogP contribution < -0.4 is 0 Å². The fraction of sp³-hybridized carbons (Fsp3) is 0.400. The lowest BCUT2D eigenvalue weighted by molar-refractivity contribution is 0.153. The summed E-state index contributed by atoms with van der Waals surface area (Å²) in [7, 11) is -3.71. The Hall–Kier alpha value is -2.25. The lowest BCUT2D eigenvalue weighted by Gasteiger charge is -2.29. The van der Waals surface area contributed by atoms with Crippen LogP contribution in [0.25, 0.3) is 5.65 Å². The zero-order valence-corrected chi connectivity index (χ0v) is 16.3. The van der Waals surface area contributed by atoms with E-state index in [4.69, 9.17) is 4.18 Å². The monoisotopic (exact) mass is 385 g/mol. The Balaban J connectivity index is 1.44. The number of hydrogen-bond acceptors (Lipinski definition) is 5. The minimum absolute atomic E-state index is 0.225. The summed E-state index contributed by atoms with van der Waals surface area (Å²) in [6.07, 6.45) is 6.59. The molecule has 6 nitrogen and oxygen atoms in total. The Morgan fingerprint density at radius 3 is 2.48 bits per heavy atom. The average Bonchev–Trinajstić information content (AvgIpc) is 3.09. The van der Waals surface area contributed by atoms with Crippen LogP contribution in [0.4, 0.5) is 0 Å². The van der Waals surface area contributed by atoms with Crippen LogP contribution in [0.3, 0.4) is 0 Å². The maximum Gasteiger partial charge on any atom is 0.297 e. The van der Waals surface area contributed by atoms with Crippen molar-refractivity contribution in [3.63, 3.8) is 0 Å². The predicted molar refractivity (Wildman–Crippen MR) is 102 cm³/mol. The van der Waals surface area contributed by atoms with Gasteiger partial charge in [-0.25, -0.2) is 9.50 Å². The molecular weight excluding hydrogens is 362 g/mol. The maximum atomic E-state index is 12.5. The minimum Gasteiger partial charge on any atom is -0.263 e. The molecular formula is C20H23N3O3S. The van der Waals surface area contributed by atoms with Crippen LogP contribution in [0.5, 0.6) is 0 Å². The number of aryl methyl sites for hydroxylation is 2. The van der Waals surface area contributed by atoms with Crippen molar-refractivity contribution in [3.05, 3.63) is 59.5 Å². The van der Waals surface area contributed by atoms with Gasteiger partial charge < -0.3 is 0 Å². The Labute approximate surface area is 159 Å². The van der Waals surface area contributed by atoms with Gasteiger partial charge in [0, 0.05) is 6.20 Å². The molecule has 0 spiro atoms. The van der Waals surface area contributed by atoms with Crippen LogP contribution >= 0.6 is 0 Å². The zero-order chi connectivity index (χ0) is 19.0. The van der Waals surface area contributed by atoms with E-state index < -0.39 is 10.1 Å². The zero-order valence-electron chi connectivity index (χ0n) is 15.5. The number of aromatic nitrogens is 3. The van der Waals surface area contributed by atoms with Gasteiger partial charge in [-0.3, -0.25) is 4.18 Å². The molecule has 27 heavy (non-hydrogen) atoms. The van der Waals surface area contributed by atoms with Crippen molar-refractivity contribution < 1.29 is 12.6 Å². The normalized spacial score (nSPS) is 20.8. The quantitative estimate of drug-likeness (QED) is 0.639. The van der Waals surface area contributed by atoms with Gasteiger partial charge >= 0.3 is 0 Å². The molecule has 4 rings (SSSR count).